The Morgan fingerprint density at radius 2 is 1.94 bits per heavy atom. The summed E-state index contributed by atoms with van der Waals surface area (Å²) in [7, 11) is 0. The number of Topliss-reactive ketones (excluding diaryl/α,β-unsaturated/α-hetero) is 1. The van der Waals surface area contributed by atoms with Gasteiger partial charge in [-0.25, -0.2) is 0 Å². The Balaban J connectivity index is 2.00. The molecule has 2 rings (SSSR count). The number of rotatable bonds is 2. The number of hydrogen-bond donors (Lipinski definition) is 0. The van der Waals surface area contributed by atoms with Crippen LogP contribution in [0.1, 0.15) is 25.7 Å². The summed E-state index contributed by atoms with van der Waals surface area (Å²) in [5.74, 6) is -0.237. The van der Waals surface area contributed by atoms with Crippen LogP contribution in [0.3, 0.4) is 0 Å². The van der Waals surface area contributed by atoms with Crippen LogP contribution in [-0.2, 0) is 9.59 Å². The topological polar surface area (TPSA) is 34.1 Å². The first-order valence-corrected chi connectivity index (χ1v) is 6.38. The van der Waals surface area contributed by atoms with Crippen LogP contribution in [0.15, 0.2) is 35.2 Å². The van der Waals surface area contributed by atoms with Gasteiger partial charge in [0.15, 0.2) is 0 Å². The number of benzene rings is 1. The number of carbonyl (C=O) groups is 2. The lowest BCUT2D eigenvalue weighted by molar-refractivity contribution is -0.130. The summed E-state index contributed by atoms with van der Waals surface area (Å²) < 4.78 is 0. The standard InChI is InChI=1S/C13H14O2S/c14-12-9-5-4-8-11(12)13(15)16-10-6-2-1-3-7-10/h1-3,6-7,11H,4-5,8-9H2. The molecule has 0 bridgehead atoms. The quantitative estimate of drug-likeness (QED) is 0.582. The van der Waals surface area contributed by atoms with Gasteiger partial charge in [0.2, 0.25) is 5.12 Å². The van der Waals surface area contributed by atoms with Crippen molar-refractivity contribution in [3.8, 4) is 0 Å². The molecular weight excluding hydrogens is 220 g/mol. The second kappa shape index (κ2) is 5.30. The summed E-state index contributed by atoms with van der Waals surface area (Å²) in [6, 6.07) is 9.52. The van der Waals surface area contributed by atoms with Crippen LogP contribution in [0.2, 0.25) is 0 Å². The Morgan fingerprint density at radius 1 is 1.19 bits per heavy atom. The average Bonchev–Trinajstić information content (AvgIpc) is 2.31. The normalized spacial score (nSPS) is 20.8. The zero-order valence-corrected chi connectivity index (χ0v) is 9.83. The lowest BCUT2D eigenvalue weighted by Crippen LogP contribution is -2.25. The fourth-order valence-corrected chi connectivity index (χ4v) is 2.83. The van der Waals surface area contributed by atoms with Gasteiger partial charge < -0.3 is 0 Å². The van der Waals surface area contributed by atoms with E-state index in [1.54, 1.807) is 0 Å². The average molecular weight is 234 g/mol. The van der Waals surface area contributed by atoms with Gasteiger partial charge in [-0.05, 0) is 25.0 Å². The Hall–Kier alpha value is -1.09. The Morgan fingerprint density at radius 3 is 2.62 bits per heavy atom. The largest absolute Gasteiger partial charge is 0.299 e. The van der Waals surface area contributed by atoms with Gasteiger partial charge in [0.25, 0.3) is 0 Å². The summed E-state index contributed by atoms with van der Waals surface area (Å²) in [6.45, 7) is 0. The van der Waals surface area contributed by atoms with Gasteiger partial charge in [0.05, 0.1) is 5.92 Å². The predicted octanol–water partition coefficient (Wildman–Crippen LogP) is 3.06. The molecule has 0 aromatic heterocycles. The Kier molecular flexibility index (Phi) is 3.78. The zero-order chi connectivity index (χ0) is 11.4. The monoisotopic (exact) mass is 234 g/mol. The maximum absolute atomic E-state index is 11.9. The van der Waals surface area contributed by atoms with Crippen LogP contribution in [0, 0.1) is 5.92 Å². The van der Waals surface area contributed by atoms with Crippen LogP contribution < -0.4 is 0 Å². The van der Waals surface area contributed by atoms with E-state index in [4.69, 9.17) is 0 Å². The molecule has 1 aliphatic rings. The molecule has 0 radical (unpaired) electrons. The molecule has 0 heterocycles. The SMILES string of the molecule is O=C1CCCCC1C(=O)Sc1ccccc1. The predicted molar refractivity (Wildman–Crippen MR) is 64.3 cm³/mol. The van der Waals surface area contributed by atoms with Gasteiger partial charge in [-0.15, -0.1) is 0 Å². The van der Waals surface area contributed by atoms with Gasteiger partial charge in [-0.3, -0.25) is 9.59 Å². The maximum atomic E-state index is 11.9. The van der Waals surface area contributed by atoms with Gasteiger partial charge in [0.1, 0.15) is 5.78 Å². The van der Waals surface area contributed by atoms with Crippen LogP contribution in [0.25, 0.3) is 0 Å². The minimum Gasteiger partial charge on any atom is -0.299 e. The summed E-state index contributed by atoms with van der Waals surface area (Å²) in [5, 5.41) is 0.0101. The van der Waals surface area contributed by atoms with E-state index in [0.29, 0.717) is 6.42 Å². The lowest BCUT2D eigenvalue weighted by Gasteiger charge is -2.18. The molecule has 84 valence electrons. The first-order valence-electron chi connectivity index (χ1n) is 5.57. The molecule has 1 aromatic rings. The summed E-state index contributed by atoms with van der Waals surface area (Å²) in [5.41, 5.74) is 0. The van der Waals surface area contributed by atoms with E-state index in [1.165, 1.54) is 11.8 Å². The number of ketones is 1. The number of carbonyl (C=O) groups excluding carboxylic acids is 2. The third-order valence-corrected chi connectivity index (χ3v) is 3.79. The number of hydrogen-bond acceptors (Lipinski definition) is 3. The molecule has 1 saturated carbocycles. The Labute approximate surface area is 99.4 Å². The molecule has 1 aromatic carbocycles. The molecule has 3 heteroatoms. The fourth-order valence-electron chi connectivity index (χ4n) is 1.91. The molecule has 0 amide bonds. The number of thioether (sulfide) groups is 1. The van der Waals surface area contributed by atoms with Crippen LogP contribution in [0.5, 0.6) is 0 Å². The van der Waals surface area contributed by atoms with Crippen LogP contribution in [0.4, 0.5) is 0 Å². The fraction of sp³-hybridized carbons (Fsp3) is 0.385. The third-order valence-electron chi connectivity index (χ3n) is 2.80. The van der Waals surface area contributed by atoms with Gasteiger partial charge >= 0.3 is 0 Å². The van der Waals surface area contributed by atoms with Crippen molar-refractivity contribution in [1.82, 2.24) is 0 Å². The highest BCUT2D eigenvalue weighted by Gasteiger charge is 2.29. The van der Waals surface area contributed by atoms with Crippen LogP contribution in [-0.4, -0.2) is 10.9 Å². The summed E-state index contributed by atoms with van der Waals surface area (Å²) in [4.78, 5) is 24.4. The molecule has 1 unspecified atom stereocenters. The smallest absolute Gasteiger partial charge is 0.204 e. The molecule has 0 saturated heterocycles. The second-order valence-electron chi connectivity index (χ2n) is 4.00. The minimum absolute atomic E-state index is 0.0101. The zero-order valence-electron chi connectivity index (χ0n) is 9.02. The molecule has 1 atom stereocenters. The van der Waals surface area contributed by atoms with Crippen molar-refractivity contribution in [2.24, 2.45) is 5.92 Å². The first kappa shape index (κ1) is 11.4. The molecule has 0 aliphatic heterocycles. The molecular formula is C13H14O2S. The van der Waals surface area contributed by atoms with Crippen molar-refractivity contribution in [3.63, 3.8) is 0 Å². The first-order chi connectivity index (χ1) is 7.77. The molecule has 0 spiro atoms. The molecule has 1 fully saturated rings. The molecule has 16 heavy (non-hydrogen) atoms. The van der Waals surface area contributed by atoms with Crippen molar-refractivity contribution in [1.29, 1.82) is 0 Å². The summed E-state index contributed by atoms with van der Waals surface area (Å²) >= 11 is 1.19. The summed E-state index contributed by atoms with van der Waals surface area (Å²) in [6.07, 6.45) is 3.25. The van der Waals surface area contributed by atoms with Gasteiger partial charge in [-0.1, -0.05) is 36.4 Å². The molecule has 1 aliphatic carbocycles. The van der Waals surface area contributed by atoms with Gasteiger partial charge in [0, 0.05) is 11.3 Å². The van der Waals surface area contributed by atoms with Crippen molar-refractivity contribution >= 4 is 22.7 Å². The van der Waals surface area contributed by atoms with E-state index >= 15 is 0 Å². The van der Waals surface area contributed by atoms with E-state index in [2.05, 4.69) is 0 Å². The minimum atomic E-state index is -0.362. The highest BCUT2D eigenvalue weighted by atomic mass is 32.2. The van der Waals surface area contributed by atoms with Crippen LogP contribution >= 0.6 is 11.8 Å². The Bertz CT molecular complexity index is 386. The van der Waals surface area contributed by atoms with E-state index in [0.717, 1.165) is 24.2 Å². The maximum Gasteiger partial charge on any atom is 0.204 e. The van der Waals surface area contributed by atoms with Crippen molar-refractivity contribution in [2.75, 3.05) is 0 Å². The van der Waals surface area contributed by atoms with E-state index in [1.807, 2.05) is 30.3 Å². The molecule has 0 N–H and O–H groups in total. The lowest BCUT2D eigenvalue weighted by atomic mass is 9.89. The van der Waals surface area contributed by atoms with Crippen molar-refractivity contribution in [3.05, 3.63) is 30.3 Å². The van der Waals surface area contributed by atoms with Gasteiger partial charge in [-0.2, -0.15) is 0 Å². The van der Waals surface area contributed by atoms with E-state index in [9.17, 15) is 9.59 Å². The van der Waals surface area contributed by atoms with E-state index in [-0.39, 0.29) is 16.8 Å². The second-order valence-corrected chi connectivity index (χ2v) is 5.08. The van der Waals surface area contributed by atoms with Crippen molar-refractivity contribution < 1.29 is 9.59 Å². The third kappa shape index (κ3) is 2.73. The van der Waals surface area contributed by atoms with Crippen molar-refractivity contribution in [2.45, 2.75) is 30.6 Å². The molecule has 2 nitrogen and oxygen atoms in total. The highest BCUT2D eigenvalue weighted by molar-refractivity contribution is 8.13. The van der Waals surface area contributed by atoms with E-state index < -0.39 is 0 Å². The highest BCUT2D eigenvalue weighted by Crippen LogP contribution is 2.29.